The quantitative estimate of drug-likeness (QED) is 0.452. The summed E-state index contributed by atoms with van der Waals surface area (Å²) in [5, 5.41) is 3.06. The molecule has 0 fully saturated rings. The number of amides is 1. The normalized spacial score (nSPS) is 10.3. The molecule has 1 N–H and O–H groups in total. The Morgan fingerprint density at radius 1 is 1.20 bits per heavy atom. The minimum atomic E-state index is -0.941. The number of para-hydroxylation sites is 1. The number of methoxy groups -OCH3 is 1. The lowest BCUT2D eigenvalue weighted by Crippen LogP contribution is -2.30. The first kappa shape index (κ1) is 18.2. The summed E-state index contributed by atoms with van der Waals surface area (Å²) in [5.74, 6) is -1.85. The number of carbonyl (C=O) groups excluding carboxylic acids is 3. The molecule has 0 spiro atoms. The Balaban J connectivity index is 1.86. The van der Waals surface area contributed by atoms with Crippen molar-refractivity contribution in [2.75, 3.05) is 20.3 Å². The van der Waals surface area contributed by atoms with E-state index in [1.807, 2.05) is 0 Å². The van der Waals surface area contributed by atoms with Crippen LogP contribution in [0.25, 0.3) is 11.0 Å². The van der Waals surface area contributed by atoms with Crippen molar-refractivity contribution in [3.63, 3.8) is 0 Å². The molecular weight excluding hydrogens is 330 g/mol. The molecule has 8 nitrogen and oxygen atoms in total. The zero-order valence-electron chi connectivity index (χ0n) is 13.6. The second kappa shape index (κ2) is 8.62. The van der Waals surface area contributed by atoms with Crippen molar-refractivity contribution in [1.29, 1.82) is 0 Å². The van der Waals surface area contributed by atoms with E-state index < -0.39 is 24.1 Å². The Morgan fingerprint density at radius 2 is 1.96 bits per heavy atom. The van der Waals surface area contributed by atoms with E-state index >= 15 is 0 Å². The smallest absolute Gasteiger partial charge is 0.351 e. The molecule has 0 bridgehead atoms. The number of ether oxygens (including phenoxy) is 2. The van der Waals surface area contributed by atoms with Gasteiger partial charge in [0.25, 0.3) is 5.91 Å². The fraction of sp³-hybridized carbons (Fsp3) is 0.294. The summed E-state index contributed by atoms with van der Waals surface area (Å²) in [6.45, 7) is -0.299. The average molecular weight is 347 g/mol. The van der Waals surface area contributed by atoms with E-state index in [4.69, 9.17) is 9.15 Å². The third-order valence-corrected chi connectivity index (χ3v) is 3.30. The van der Waals surface area contributed by atoms with Crippen LogP contribution in [0.1, 0.15) is 23.2 Å². The van der Waals surface area contributed by atoms with E-state index in [1.54, 1.807) is 24.3 Å². The molecular formula is C17H17NO7. The van der Waals surface area contributed by atoms with Crippen LogP contribution in [0.15, 0.2) is 39.5 Å². The van der Waals surface area contributed by atoms with Crippen molar-refractivity contribution in [2.24, 2.45) is 0 Å². The van der Waals surface area contributed by atoms with Gasteiger partial charge in [0.05, 0.1) is 7.11 Å². The summed E-state index contributed by atoms with van der Waals surface area (Å²) in [6.07, 6.45) is 0.579. The maximum Gasteiger partial charge on any atom is 0.351 e. The Kier molecular flexibility index (Phi) is 6.27. The molecule has 0 unspecified atom stereocenters. The minimum Gasteiger partial charge on any atom is -0.469 e. The van der Waals surface area contributed by atoms with Gasteiger partial charge < -0.3 is 19.2 Å². The minimum absolute atomic E-state index is 0.175. The maximum atomic E-state index is 11.9. The second-order valence-electron chi connectivity index (χ2n) is 5.09. The molecule has 1 aromatic carbocycles. The molecule has 8 heteroatoms. The second-order valence-corrected chi connectivity index (χ2v) is 5.09. The van der Waals surface area contributed by atoms with E-state index in [2.05, 4.69) is 10.1 Å². The monoisotopic (exact) mass is 347 g/mol. The van der Waals surface area contributed by atoms with E-state index in [1.165, 1.54) is 13.2 Å². The van der Waals surface area contributed by atoms with Gasteiger partial charge in [-0.1, -0.05) is 18.2 Å². The van der Waals surface area contributed by atoms with Gasteiger partial charge in [0, 0.05) is 18.4 Å². The molecule has 0 aliphatic heterocycles. The van der Waals surface area contributed by atoms with Gasteiger partial charge >= 0.3 is 17.6 Å². The van der Waals surface area contributed by atoms with Crippen LogP contribution in [0.3, 0.4) is 0 Å². The molecule has 2 rings (SSSR count). The number of hydrogen-bond acceptors (Lipinski definition) is 7. The number of fused-ring (bicyclic) bond motifs is 1. The highest BCUT2D eigenvalue weighted by atomic mass is 16.5. The summed E-state index contributed by atoms with van der Waals surface area (Å²) in [4.78, 5) is 46.3. The molecule has 0 saturated carbocycles. The number of esters is 2. The summed E-state index contributed by atoms with van der Waals surface area (Å²) in [7, 11) is 1.28. The highest BCUT2D eigenvalue weighted by Crippen LogP contribution is 2.13. The number of nitrogens with one attached hydrogen (secondary N) is 1. The fourth-order valence-corrected chi connectivity index (χ4v) is 2.03. The predicted octanol–water partition coefficient (Wildman–Crippen LogP) is 1.02. The molecule has 0 radical (unpaired) electrons. The molecule has 2 aromatic rings. The van der Waals surface area contributed by atoms with Crippen molar-refractivity contribution < 1.29 is 28.3 Å². The molecule has 1 aromatic heterocycles. The Hall–Kier alpha value is -3.16. The predicted molar refractivity (Wildman–Crippen MR) is 87.0 cm³/mol. The molecule has 0 saturated heterocycles. The number of rotatable bonds is 7. The summed E-state index contributed by atoms with van der Waals surface area (Å²) in [5.41, 5.74) is -0.758. The Morgan fingerprint density at radius 3 is 2.72 bits per heavy atom. The molecule has 1 amide bonds. The van der Waals surface area contributed by atoms with Crippen molar-refractivity contribution in [1.82, 2.24) is 5.32 Å². The molecule has 0 atom stereocenters. The van der Waals surface area contributed by atoms with Crippen molar-refractivity contribution in [2.45, 2.75) is 12.8 Å². The third-order valence-electron chi connectivity index (χ3n) is 3.30. The summed E-state index contributed by atoms with van der Waals surface area (Å²) in [6, 6.07) is 8.08. The molecule has 1 heterocycles. The van der Waals surface area contributed by atoms with Gasteiger partial charge in [-0.25, -0.2) is 9.59 Å². The average Bonchev–Trinajstić information content (AvgIpc) is 2.62. The van der Waals surface area contributed by atoms with E-state index in [0.717, 1.165) is 0 Å². The van der Waals surface area contributed by atoms with Gasteiger partial charge in [-0.05, 0) is 18.6 Å². The van der Waals surface area contributed by atoms with Crippen LogP contribution in [0.5, 0.6) is 0 Å². The largest absolute Gasteiger partial charge is 0.469 e. The van der Waals surface area contributed by atoms with E-state index in [0.29, 0.717) is 17.4 Å². The third kappa shape index (κ3) is 5.17. The SMILES string of the molecule is COC(=O)CCCNC(=O)COC(=O)c1cc2ccccc2oc1=O. The van der Waals surface area contributed by atoms with Crippen LogP contribution in [-0.4, -0.2) is 38.1 Å². The van der Waals surface area contributed by atoms with Crippen LogP contribution in [0.2, 0.25) is 0 Å². The zero-order chi connectivity index (χ0) is 18.2. The molecule has 25 heavy (non-hydrogen) atoms. The lowest BCUT2D eigenvalue weighted by Gasteiger charge is -2.06. The molecule has 0 aliphatic rings. The molecule has 0 aliphatic carbocycles. The lowest BCUT2D eigenvalue weighted by atomic mass is 10.2. The first-order valence-electron chi connectivity index (χ1n) is 7.55. The Labute approximate surface area is 142 Å². The number of carbonyl (C=O) groups is 3. The van der Waals surface area contributed by atoms with Gasteiger partial charge in [-0.15, -0.1) is 0 Å². The van der Waals surface area contributed by atoms with Crippen LogP contribution in [-0.2, 0) is 19.1 Å². The first-order valence-corrected chi connectivity index (χ1v) is 7.55. The highest BCUT2D eigenvalue weighted by Gasteiger charge is 2.16. The number of hydrogen-bond donors (Lipinski definition) is 1. The van der Waals surface area contributed by atoms with Gasteiger partial charge in [-0.3, -0.25) is 9.59 Å². The lowest BCUT2D eigenvalue weighted by molar-refractivity contribution is -0.140. The van der Waals surface area contributed by atoms with Gasteiger partial charge in [0.15, 0.2) is 6.61 Å². The van der Waals surface area contributed by atoms with Crippen LogP contribution < -0.4 is 10.9 Å². The Bertz CT molecular complexity index is 840. The van der Waals surface area contributed by atoms with Gasteiger partial charge in [-0.2, -0.15) is 0 Å². The zero-order valence-corrected chi connectivity index (χ0v) is 13.6. The molecule has 132 valence electrons. The highest BCUT2D eigenvalue weighted by molar-refractivity contribution is 5.94. The standard InChI is InChI=1S/C17H17NO7/c1-23-15(20)7-4-8-18-14(19)10-24-16(21)12-9-11-5-2-3-6-13(11)25-17(12)22/h2-3,5-6,9H,4,7-8,10H2,1H3,(H,18,19). The van der Waals surface area contributed by atoms with Crippen molar-refractivity contribution in [3.8, 4) is 0 Å². The van der Waals surface area contributed by atoms with Crippen LogP contribution >= 0.6 is 0 Å². The van der Waals surface area contributed by atoms with E-state index in [-0.39, 0.29) is 24.5 Å². The van der Waals surface area contributed by atoms with Gasteiger partial charge in [0.1, 0.15) is 11.1 Å². The maximum absolute atomic E-state index is 11.9. The van der Waals surface area contributed by atoms with Crippen LogP contribution in [0.4, 0.5) is 0 Å². The van der Waals surface area contributed by atoms with Gasteiger partial charge in [0.2, 0.25) is 0 Å². The summed E-state index contributed by atoms with van der Waals surface area (Å²) < 4.78 is 14.3. The number of benzene rings is 1. The first-order chi connectivity index (χ1) is 12.0. The van der Waals surface area contributed by atoms with Crippen LogP contribution in [0, 0.1) is 0 Å². The fourth-order valence-electron chi connectivity index (χ4n) is 2.03. The van der Waals surface area contributed by atoms with Crippen molar-refractivity contribution >= 4 is 28.8 Å². The van der Waals surface area contributed by atoms with Crippen molar-refractivity contribution in [3.05, 3.63) is 46.3 Å². The topological polar surface area (TPSA) is 112 Å². The summed E-state index contributed by atoms with van der Waals surface area (Å²) >= 11 is 0. The van der Waals surface area contributed by atoms with E-state index in [9.17, 15) is 19.2 Å².